The van der Waals surface area contributed by atoms with Crippen LogP contribution in [0.4, 0.5) is 0 Å². The van der Waals surface area contributed by atoms with Gasteiger partial charge in [0.05, 0.1) is 0 Å². The van der Waals surface area contributed by atoms with E-state index in [1.807, 2.05) is 25.3 Å². The number of carbonyl (C=O) groups is 1. The van der Waals surface area contributed by atoms with Crippen LogP contribution < -0.4 is 0 Å². The summed E-state index contributed by atoms with van der Waals surface area (Å²) in [7, 11) is 1.82. The van der Waals surface area contributed by atoms with Crippen molar-refractivity contribution < 1.29 is 4.79 Å². The van der Waals surface area contributed by atoms with Crippen molar-refractivity contribution >= 4 is 5.91 Å². The molecule has 102 valence electrons. The van der Waals surface area contributed by atoms with Crippen molar-refractivity contribution in [2.75, 3.05) is 26.7 Å². The molecule has 0 radical (unpaired) electrons. The zero-order chi connectivity index (χ0) is 13.5. The van der Waals surface area contributed by atoms with E-state index in [2.05, 4.69) is 9.88 Å². The number of pyridine rings is 1. The number of hydrogen-bond acceptors (Lipinski definition) is 3. The lowest BCUT2D eigenvalue weighted by Gasteiger charge is -2.15. The van der Waals surface area contributed by atoms with E-state index in [0.717, 1.165) is 25.2 Å². The summed E-state index contributed by atoms with van der Waals surface area (Å²) >= 11 is 0. The highest BCUT2D eigenvalue weighted by atomic mass is 16.2. The van der Waals surface area contributed by atoms with Gasteiger partial charge in [-0.1, -0.05) is 12.1 Å². The quantitative estimate of drug-likeness (QED) is 0.755. The number of likely N-dealkylation sites (tertiary alicyclic amines) is 1. The molecule has 2 rings (SSSR count). The normalized spacial score (nSPS) is 16.1. The molecule has 1 aromatic rings. The molecule has 2 heterocycles. The van der Waals surface area contributed by atoms with Gasteiger partial charge < -0.3 is 4.90 Å². The third-order valence-corrected chi connectivity index (χ3v) is 3.34. The van der Waals surface area contributed by atoms with Crippen molar-refractivity contribution in [3.8, 4) is 0 Å². The molecule has 0 bridgehead atoms. The predicted octanol–water partition coefficient (Wildman–Crippen LogP) is 1.69. The van der Waals surface area contributed by atoms with Crippen LogP contribution in [0.5, 0.6) is 0 Å². The lowest BCUT2D eigenvalue weighted by molar-refractivity contribution is -0.125. The van der Waals surface area contributed by atoms with Gasteiger partial charge in [0.2, 0.25) is 5.91 Å². The first-order valence-electron chi connectivity index (χ1n) is 6.78. The van der Waals surface area contributed by atoms with Crippen LogP contribution in [0.1, 0.15) is 18.4 Å². The Morgan fingerprint density at radius 2 is 2.26 bits per heavy atom. The van der Waals surface area contributed by atoms with Crippen LogP contribution in [0.2, 0.25) is 0 Å². The van der Waals surface area contributed by atoms with Crippen LogP contribution in [-0.4, -0.2) is 47.4 Å². The predicted molar refractivity (Wildman–Crippen MR) is 75.5 cm³/mol. The standard InChI is InChI=1S/C15H21N3O/c1-17(13-14-6-4-8-16-12-14)15(19)7-5-11-18-9-2-3-10-18/h4-8,12H,2-3,9-11,13H2,1H3/b7-5+. The molecule has 0 spiro atoms. The van der Waals surface area contributed by atoms with Crippen molar-refractivity contribution in [2.45, 2.75) is 19.4 Å². The summed E-state index contributed by atoms with van der Waals surface area (Å²) in [5, 5.41) is 0. The molecule has 0 N–H and O–H groups in total. The maximum Gasteiger partial charge on any atom is 0.246 e. The molecule has 1 aliphatic heterocycles. The molecule has 0 aromatic carbocycles. The Balaban J connectivity index is 1.77. The van der Waals surface area contributed by atoms with Crippen molar-refractivity contribution in [1.29, 1.82) is 0 Å². The van der Waals surface area contributed by atoms with Crippen LogP contribution >= 0.6 is 0 Å². The molecule has 1 amide bonds. The number of hydrogen-bond donors (Lipinski definition) is 0. The number of carbonyl (C=O) groups excluding carboxylic acids is 1. The average Bonchev–Trinajstić information content (AvgIpc) is 2.93. The summed E-state index contributed by atoms with van der Waals surface area (Å²) in [6.45, 7) is 3.79. The smallest absolute Gasteiger partial charge is 0.246 e. The van der Waals surface area contributed by atoms with Crippen molar-refractivity contribution in [1.82, 2.24) is 14.8 Å². The van der Waals surface area contributed by atoms with Crippen LogP contribution in [0.15, 0.2) is 36.7 Å². The average molecular weight is 259 g/mol. The maximum absolute atomic E-state index is 11.9. The highest BCUT2D eigenvalue weighted by Gasteiger charge is 2.10. The highest BCUT2D eigenvalue weighted by Crippen LogP contribution is 2.06. The minimum atomic E-state index is 0.0445. The molecule has 1 fully saturated rings. The van der Waals surface area contributed by atoms with Gasteiger partial charge in [-0.15, -0.1) is 0 Å². The van der Waals surface area contributed by atoms with Gasteiger partial charge in [0.25, 0.3) is 0 Å². The minimum Gasteiger partial charge on any atom is -0.338 e. The van der Waals surface area contributed by atoms with Gasteiger partial charge in [-0.25, -0.2) is 0 Å². The van der Waals surface area contributed by atoms with Crippen LogP contribution in [0.25, 0.3) is 0 Å². The fourth-order valence-corrected chi connectivity index (χ4v) is 2.24. The summed E-state index contributed by atoms with van der Waals surface area (Å²) in [4.78, 5) is 20.0. The van der Waals surface area contributed by atoms with Gasteiger partial charge in [-0.3, -0.25) is 14.7 Å². The van der Waals surface area contributed by atoms with Gasteiger partial charge in [0, 0.05) is 38.6 Å². The fraction of sp³-hybridized carbons (Fsp3) is 0.467. The molecule has 0 unspecified atom stereocenters. The first kappa shape index (κ1) is 13.7. The van der Waals surface area contributed by atoms with E-state index in [1.54, 1.807) is 23.4 Å². The number of aromatic nitrogens is 1. The molecule has 4 heteroatoms. The highest BCUT2D eigenvalue weighted by molar-refractivity contribution is 5.87. The van der Waals surface area contributed by atoms with E-state index < -0.39 is 0 Å². The summed E-state index contributed by atoms with van der Waals surface area (Å²) in [5.41, 5.74) is 1.05. The van der Waals surface area contributed by atoms with Crippen LogP contribution in [-0.2, 0) is 11.3 Å². The lowest BCUT2D eigenvalue weighted by atomic mass is 10.2. The molecular formula is C15H21N3O. The number of rotatable bonds is 5. The monoisotopic (exact) mass is 259 g/mol. The van der Waals surface area contributed by atoms with Gasteiger partial charge in [-0.05, 0) is 37.6 Å². The van der Waals surface area contributed by atoms with Gasteiger partial charge >= 0.3 is 0 Å². The number of likely N-dealkylation sites (N-methyl/N-ethyl adjacent to an activating group) is 1. The van der Waals surface area contributed by atoms with E-state index in [9.17, 15) is 4.79 Å². The van der Waals surface area contributed by atoms with E-state index in [1.165, 1.54) is 12.8 Å². The van der Waals surface area contributed by atoms with Gasteiger partial charge in [0.15, 0.2) is 0 Å². The zero-order valence-electron chi connectivity index (χ0n) is 11.5. The largest absolute Gasteiger partial charge is 0.338 e. The molecular weight excluding hydrogens is 238 g/mol. The lowest BCUT2D eigenvalue weighted by Crippen LogP contribution is -2.25. The second-order valence-electron chi connectivity index (χ2n) is 4.97. The third-order valence-electron chi connectivity index (χ3n) is 3.34. The van der Waals surface area contributed by atoms with E-state index in [4.69, 9.17) is 0 Å². The number of nitrogens with zero attached hydrogens (tertiary/aromatic N) is 3. The van der Waals surface area contributed by atoms with E-state index in [0.29, 0.717) is 6.54 Å². The third kappa shape index (κ3) is 4.48. The maximum atomic E-state index is 11.9. The van der Waals surface area contributed by atoms with Gasteiger partial charge in [-0.2, -0.15) is 0 Å². The van der Waals surface area contributed by atoms with Crippen molar-refractivity contribution in [3.05, 3.63) is 42.2 Å². The van der Waals surface area contributed by atoms with Crippen LogP contribution in [0.3, 0.4) is 0 Å². The SMILES string of the molecule is CN(Cc1cccnc1)C(=O)/C=C/CN1CCCC1. The molecule has 19 heavy (non-hydrogen) atoms. The Bertz CT molecular complexity index is 424. The number of amides is 1. The summed E-state index contributed by atoms with van der Waals surface area (Å²) in [6.07, 6.45) is 9.73. The fourth-order valence-electron chi connectivity index (χ4n) is 2.24. The second kappa shape index (κ2) is 7.04. The Morgan fingerprint density at radius 3 is 2.95 bits per heavy atom. The van der Waals surface area contributed by atoms with Gasteiger partial charge in [0.1, 0.15) is 0 Å². The Kier molecular flexibility index (Phi) is 5.10. The Hall–Kier alpha value is -1.68. The molecule has 4 nitrogen and oxygen atoms in total. The second-order valence-corrected chi connectivity index (χ2v) is 4.97. The zero-order valence-corrected chi connectivity index (χ0v) is 11.5. The van der Waals surface area contributed by atoms with Crippen molar-refractivity contribution in [3.63, 3.8) is 0 Å². The van der Waals surface area contributed by atoms with E-state index >= 15 is 0 Å². The molecule has 1 aromatic heterocycles. The minimum absolute atomic E-state index is 0.0445. The molecule has 0 atom stereocenters. The summed E-state index contributed by atoms with van der Waals surface area (Å²) in [5.74, 6) is 0.0445. The Morgan fingerprint density at radius 1 is 1.47 bits per heavy atom. The molecule has 1 saturated heterocycles. The Labute approximate surface area is 114 Å². The first-order valence-corrected chi connectivity index (χ1v) is 6.78. The first-order chi connectivity index (χ1) is 9.25. The summed E-state index contributed by atoms with van der Waals surface area (Å²) in [6, 6.07) is 3.86. The van der Waals surface area contributed by atoms with E-state index in [-0.39, 0.29) is 5.91 Å². The molecule has 0 aliphatic carbocycles. The van der Waals surface area contributed by atoms with Crippen LogP contribution in [0, 0.1) is 0 Å². The topological polar surface area (TPSA) is 36.4 Å². The van der Waals surface area contributed by atoms with Crippen molar-refractivity contribution in [2.24, 2.45) is 0 Å². The summed E-state index contributed by atoms with van der Waals surface area (Å²) < 4.78 is 0. The molecule has 1 aliphatic rings. The molecule has 0 saturated carbocycles.